The Kier molecular flexibility index (Phi) is 6.79. The molecule has 0 bridgehead atoms. The number of aryl methyl sites for hydroxylation is 2. The van der Waals surface area contributed by atoms with E-state index in [1.807, 2.05) is 39.1 Å². The molecule has 1 aromatic carbocycles. The summed E-state index contributed by atoms with van der Waals surface area (Å²) in [5, 5.41) is 5.60. The molecule has 24 heavy (non-hydrogen) atoms. The Balaban J connectivity index is 1.75. The third-order valence-electron chi connectivity index (χ3n) is 4.78. The zero-order valence-corrected chi connectivity index (χ0v) is 15.0. The van der Waals surface area contributed by atoms with Crippen LogP contribution in [-0.4, -0.2) is 42.9 Å². The van der Waals surface area contributed by atoms with E-state index in [0.717, 1.165) is 29.7 Å². The highest BCUT2D eigenvalue weighted by atomic mass is 16.2. The summed E-state index contributed by atoms with van der Waals surface area (Å²) in [5.41, 5.74) is 2.87. The fourth-order valence-corrected chi connectivity index (χ4v) is 3.31. The van der Waals surface area contributed by atoms with E-state index in [4.69, 9.17) is 0 Å². The fourth-order valence-electron chi connectivity index (χ4n) is 3.31. The number of benzene rings is 1. The summed E-state index contributed by atoms with van der Waals surface area (Å²) in [6.45, 7) is 4.27. The van der Waals surface area contributed by atoms with Crippen LogP contribution in [0, 0.1) is 13.8 Å². The first-order valence-electron chi connectivity index (χ1n) is 8.80. The molecule has 1 saturated carbocycles. The number of anilines is 1. The van der Waals surface area contributed by atoms with Gasteiger partial charge in [0.1, 0.15) is 0 Å². The van der Waals surface area contributed by atoms with Crippen LogP contribution < -0.4 is 10.6 Å². The van der Waals surface area contributed by atoms with Crippen LogP contribution in [0.4, 0.5) is 5.69 Å². The molecule has 2 amide bonds. The monoisotopic (exact) mass is 331 g/mol. The van der Waals surface area contributed by atoms with Gasteiger partial charge in [-0.3, -0.25) is 14.5 Å². The Morgan fingerprint density at radius 2 is 1.71 bits per heavy atom. The Morgan fingerprint density at radius 1 is 1.08 bits per heavy atom. The maximum Gasteiger partial charge on any atom is 0.243 e. The van der Waals surface area contributed by atoms with Gasteiger partial charge in [-0.1, -0.05) is 37.5 Å². The number of carbonyl (C=O) groups is 2. The van der Waals surface area contributed by atoms with Crippen molar-refractivity contribution in [3.8, 4) is 0 Å². The summed E-state index contributed by atoms with van der Waals surface area (Å²) in [5.74, 6) is -0.291. The lowest BCUT2D eigenvalue weighted by molar-refractivity contribution is -0.125. The molecule has 132 valence electrons. The van der Waals surface area contributed by atoms with E-state index in [9.17, 15) is 9.59 Å². The van der Waals surface area contributed by atoms with Crippen LogP contribution in [0.5, 0.6) is 0 Å². The van der Waals surface area contributed by atoms with Crippen LogP contribution in [-0.2, 0) is 9.59 Å². The first kappa shape index (κ1) is 18.5. The molecule has 0 aliphatic heterocycles. The molecule has 0 unspecified atom stereocenters. The molecule has 0 atom stereocenters. The first-order chi connectivity index (χ1) is 11.5. The van der Waals surface area contributed by atoms with Crippen molar-refractivity contribution in [3.05, 3.63) is 29.3 Å². The Hall–Kier alpha value is -1.88. The molecule has 0 radical (unpaired) electrons. The molecule has 0 spiro atoms. The predicted molar refractivity (Wildman–Crippen MR) is 97.1 cm³/mol. The number of nitrogens with one attached hydrogen (secondary N) is 2. The standard InChI is InChI=1S/C19H29N3O2/c1-14-8-7-9-15(2)19(14)21-17(23)12-20-18(24)13-22(3)16-10-5-4-6-11-16/h7-9,16H,4-6,10-13H2,1-3H3,(H,20,24)(H,21,23). The smallest absolute Gasteiger partial charge is 0.243 e. The maximum absolute atomic E-state index is 12.1. The quantitative estimate of drug-likeness (QED) is 0.842. The summed E-state index contributed by atoms with van der Waals surface area (Å²) in [4.78, 5) is 26.2. The largest absolute Gasteiger partial charge is 0.346 e. The third-order valence-corrected chi connectivity index (χ3v) is 4.78. The normalized spacial score (nSPS) is 15.3. The van der Waals surface area contributed by atoms with Crippen molar-refractivity contribution < 1.29 is 9.59 Å². The van der Waals surface area contributed by atoms with Crippen molar-refractivity contribution >= 4 is 17.5 Å². The van der Waals surface area contributed by atoms with Gasteiger partial charge in [-0.25, -0.2) is 0 Å². The number of para-hydroxylation sites is 1. The topological polar surface area (TPSA) is 61.4 Å². The van der Waals surface area contributed by atoms with E-state index in [1.165, 1.54) is 19.3 Å². The van der Waals surface area contributed by atoms with Crippen molar-refractivity contribution in [1.29, 1.82) is 0 Å². The minimum absolute atomic E-state index is 0.00507. The van der Waals surface area contributed by atoms with Gasteiger partial charge in [0, 0.05) is 11.7 Å². The van der Waals surface area contributed by atoms with Crippen LogP contribution in [0.2, 0.25) is 0 Å². The molecule has 2 N–H and O–H groups in total. The number of amides is 2. The van der Waals surface area contributed by atoms with Crippen LogP contribution >= 0.6 is 0 Å². The van der Waals surface area contributed by atoms with Gasteiger partial charge in [0.2, 0.25) is 11.8 Å². The summed E-state index contributed by atoms with van der Waals surface area (Å²) in [7, 11) is 1.99. The average molecular weight is 331 g/mol. The van der Waals surface area contributed by atoms with Crippen LogP contribution in [0.3, 0.4) is 0 Å². The summed E-state index contributed by atoms with van der Waals surface area (Å²) in [6, 6.07) is 6.37. The highest BCUT2D eigenvalue weighted by Crippen LogP contribution is 2.21. The van der Waals surface area contributed by atoms with Crippen molar-refractivity contribution in [2.75, 3.05) is 25.5 Å². The van der Waals surface area contributed by atoms with Gasteiger partial charge in [0.25, 0.3) is 0 Å². The Morgan fingerprint density at radius 3 is 2.33 bits per heavy atom. The van der Waals surface area contributed by atoms with Crippen molar-refractivity contribution in [3.63, 3.8) is 0 Å². The number of nitrogens with zero attached hydrogens (tertiary/aromatic N) is 1. The van der Waals surface area contributed by atoms with Gasteiger partial charge in [0.15, 0.2) is 0 Å². The highest BCUT2D eigenvalue weighted by Gasteiger charge is 2.20. The molecule has 5 nitrogen and oxygen atoms in total. The van der Waals surface area contributed by atoms with Gasteiger partial charge in [-0.05, 0) is 44.9 Å². The predicted octanol–water partition coefficient (Wildman–Crippen LogP) is 2.62. The van der Waals surface area contributed by atoms with Crippen molar-refractivity contribution in [1.82, 2.24) is 10.2 Å². The number of hydrogen-bond acceptors (Lipinski definition) is 3. The van der Waals surface area contributed by atoms with Crippen molar-refractivity contribution in [2.45, 2.75) is 52.0 Å². The zero-order valence-electron chi connectivity index (χ0n) is 15.0. The number of likely N-dealkylation sites (N-methyl/N-ethyl adjacent to an activating group) is 1. The van der Waals surface area contributed by atoms with Gasteiger partial charge in [-0.15, -0.1) is 0 Å². The van der Waals surface area contributed by atoms with Crippen molar-refractivity contribution in [2.24, 2.45) is 0 Å². The minimum atomic E-state index is -0.193. The van der Waals surface area contributed by atoms with E-state index in [0.29, 0.717) is 12.6 Å². The van der Waals surface area contributed by atoms with E-state index >= 15 is 0 Å². The second-order valence-electron chi connectivity index (χ2n) is 6.80. The molecular weight excluding hydrogens is 302 g/mol. The van der Waals surface area contributed by atoms with E-state index in [-0.39, 0.29) is 18.4 Å². The molecule has 1 aromatic rings. The SMILES string of the molecule is Cc1cccc(C)c1NC(=O)CNC(=O)CN(C)C1CCCCC1. The zero-order chi connectivity index (χ0) is 17.5. The lowest BCUT2D eigenvalue weighted by atomic mass is 9.94. The Labute approximate surface area is 144 Å². The lowest BCUT2D eigenvalue weighted by Gasteiger charge is -2.30. The average Bonchev–Trinajstić information content (AvgIpc) is 2.57. The van der Waals surface area contributed by atoms with Gasteiger partial charge in [-0.2, -0.15) is 0 Å². The van der Waals surface area contributed by atoms with Gasteiger partial charge in [0.05, 0.1) is 13.1 Å². The van der Waals surface area contributed by atoms with E-state index < -0.39 is 0 Å². The van der Waals surface area contributed by atoms with Gasteiger partial charge >= 0.3 is 0 Å². The molecule has 0 aromatic heterocycles. The number of hydrogen-bond donors (Lipinski definition) is 2. The lowest BCUT2D eigenvalue weighted by Crippen LogP contribution is -2.43. The van der Waals surface area contributed by atoms with E-state index in [1.54, 1.807) is 0 Å². The summed E-state index contributed by atoms with van der Waals surface area (Å²) in [6.07, 6.45) is 6.12. The van der Waals surface area contributed by atoms with E-state index in [2.05, 4.69) is 15.5 Å². The number of rotatable bonds is 6. The number of carbonyl (C=O) groups excluding carboxylic acids is 2. The minimum Gasteiger partial charge on any atom is -0.346 e. The summed E-state index contributed by atoms with van der Waals surface area (Å²) >= 11 is 0. The second-order valence-corrected chi connectivity index (χ2v) is 6.80. The molecule has 1 aliphatic rings. The third kappa shape index (κ3) is 5.34. The Bertz CT molecular complexity index is 560. The maximum atomic E-state index is 12.1. The molecular formula is C19H29N3O2. The van der Waals surface area contributed by atoms with Gasteiger partial charge < -0.3 is 10.6 Å². The molecule has 0 saturated heterocycles. The van der Waals surface area contributed by atoms with Crippen LogP contribution in [0.25, 0.3) is 0 Å². The summed E-state index contributed by atoms with van der Waals surface area (Å²) < 4.78 is 0. The van der Waals surface area contributed by atoms with Crippen LogP contribution in [0.15, 0.2) is 18.2 Å². The molecule has 0 heterocycles. The van der Waals surface area contributed by atoms with Crippen LogP contribution in [0.1, 0.15) is 43.2 Å². The first-order valence-corrected chi connectivity index (χ1v) is 8.80. The second kappa shape index (κ2) is 8.83. The fraction of sp³-hybridized carbons (Fsp3) is 0.579. The molecule has 5 heteroatoms. The molecule has 1 fully saturated rings. The molecule has 1 aliphatic carbocycles. The highest BCUT2D eigenvalue weighted by molar-refractivity contribution is 5.95. The molecule has 2 rings (SSSR count).